The summed E-state index contributed by atoms with van der Waals surface area (Å²) < 4.78 is 32.8. The van der Waals surface area contributed by atoms with Crippen molar-refractivity contribution in [1.29, 1.82) is 0 Å². The maximum absolute atomic E-state index is 8.63. The van der Waals surface area contributed by atoms with Crippen LogP contribution in [-0.2, 0) is 10.4 Å². The van der Waals surface area contributed by atoms with Crippen LogP contribution < -0.4 is 51.4 Å². The molecule has 0 aliphatic carbocycles. The van der Waals surface area contributed by atoms with Gasteiger partial charge in [-0.05, 0) is 0 Å². The van der Waals surface area contributed by atoms with Crippen LogP contribution in [0.1, 0.15) is 0 Å². The third kappa shape index (κ3) is 14400. The monoisotopic (exact) mass is 396 g/mol. The number of rotatable bonds is 0. The molecule has 0 heterocycles. The van der Waals surface area contributed by atoms with E-state index in [0.717, 1.165) is 0 Å². The van der Waals surface area contributed by atoms with Crippen LogP contribution in [0.3, 0.4) is 0 Å². The van der Waals surface area contributed by atoms with Gasteiger partial charge in [-0.15, -0.1) is 0 Å². The molecule has 0 bridgehead atoms. The Labute approximate surface area is 139 Å². The van der Waals surface area contributed by atoms with Gasteiger partial charge >= 0.3 is 51.4 Å². The van der Waals surface area contributed by atoms with Crippen molar-refractivity contribution in [2.24, 2.45) is 0 Å². The van der Waals surface area contributed by atoms with E-state index in [9.17, 15) is 0 Å². The summed E-state index contributed by atoms with van der Waals surface area (Å²) in [6.45, 7) is 0. The predicted octanol–water partition coefficient (Wildman–Crippen LogP) is -2.01. The van der Waals surface area contributed by atoms with Crippen LogP contribution in [0.25, 0.3) is 0 Å². The average Bonchev–Trinajstić information content (AvgIpc) is 0.722. The van der Waals surface area contributed by atoms with Crippen LogP contribution in [0, 0.1) is 0 Å². The molecule has 0 amide bonds. The summed E-state index contributed by atoms with van der Waals surface area (Å²) in [6.07, 6.45) is 0. The van der Waals surface area contributed by atoms with Crippen LogP contribution in [0.4, 0.5) is 61.2 Å². The van der Waals surface area contributed by atoms with Crippen molar-refractivity contribution in [3.8, 4) is 0 Å². The molecule has 136 valence electrons. The zero-order valence-electron chi connectivity index (χ0n) is 8.39. The van der Waals surface area contributed by atoms with E-state index >= 15 is 0 Å². The molecule has 0 saturated heterocycles. The second-order valence-electron chi connectivity index (χ2n) is 0.428. The molecule has 19 heavy (non-hydrogen) atoms. The van der Waals surface area contributed by atoms with E-state index in [1.165, 1.54) is 0 Å². The van der Waals surface area contributed by atoms with Crippen molar-refractivity contribution in [3.63, 3.8) is 0 Å². The minimum Gasteiger partial charge on any atom is -0.726 e. The topological polar surface area (TPSA) is 77.4 Å². The molecular weight excluding hydrogens is 382 g/mol. The predicted molar refractivity (Wildman–Crippen MR) is 44.9 cm³/mol. The fourth-order valence-electron chi connectivity index (χ4n) is 0. The van der Waals surface area contributed by atoms with Gasteiger partial charge in [0.05, 0.1) is 0 Å². The first kappa shape index (κ1) is 321. The Bertz CT molecular complexity index is 108. The minimum absolute atomic E-state index is 0. The first-order valence-corrected chi connectivity index (χ1v) is 2.05. The largest absolute Gasteiger partial charge is 1.00 e. The fraction of sp³-hybridized carbons (Fsp3) is 0. The molecule has 0 aliphatic rings. The number of hydrogen-bond acceptors (Lipinski definition) is 3. The summed E-state index contributed by atoms with van der Waals surface area (Å²) in [5, 5.41) is 0. The number of halogens is 13. The molecule has 0 atom stereocenters. The molecule has 1 N–H and O–H groups in total. The minimum atomic E-state index is -4.92. The van der Waals surface area contributed by atoms with Gasteiger partial charge in [0.2, 0.25) is 10.4 Å². The van der Waals surface area contributed by atoms with Gasteiger partial charge in [-0.25, -0.2) is 8.42 Å². The standard InChI is InChI=1S/13FH.K.H2O4S/c;;;;;;;;;;;;;;1-5(2,3)4/h13*1H;;(H2,1,2,3,4)/q;;;;;;;;;;;;;+1;/p-1. The molecule has 19 heteroatoms. The first-order chi connectivity index (χ1) is 2.00. The van der Waals surface area contributed by atoms with E-state index in [-0.39, 0.29) is 113 Å². The normalized spacial score (nSPS) is 3.05. The van der Waals surface area contributed by atoms with Crippen LogP contribution in [-0.4, -0.2) is 17.5 Å². The van der Waals surface area contributed by atoms with Crippen molar-refractivity contribution in [2.75, 3.05) is 0 Å². The van der Waals surface area contributed by atoms with Crippen molar-refractivity contribution in [1.82, 2.24) is 0 Å². The molecule has 0 aromatic heterocycles. The van der Waals surface area contributed by atoms with Gasteiger partial charge in [-0.3, -0.25) is 65.7 Å². The molecule has 4 nitrogen and oxygen atoms in total. The van der Waals surface area contributed by atoms with E-state index < -0.39 is 10.4 Å². The van der Waals surface area contributed by atoms with Crippen LogP contribution in [0.5, 0.6) is 0 Å². The Morgan fingerprint density at radius 2 is 0.526 bits per heavy atom. The van der Waals surface area contributed by atoms with Crippen molar-refractivity contribution in [3.05, 3.63) is 0 Å². The summed E-state index contributed by atoms with van der Waals surface area (Å²) in [5.74, 6) is 0. The van der Waals surface area contributed by atoms with Gasteiger partial charge < -0.3 is 4.55 Å². The second kappa shape index (κ2) is 132. The zero-order chi connectivity index (χ0) is 4.50. The summed E-state index contributed by atoms with van der Waals surface area (Å²) in [7, 11) is -4.92. The third-order valence-electron chi connectivity index (χ3n) is 0. The van der Waals surface area contributed by atoms with Crippen molar-refractivity contribution in [2.45, 2.75) is 0 Å². The molecule has 0 aromatic carbocycles. The molecule has 0 aromatic rings. The van der Waals surface area contributed by atoms with Crippen LogP contribution in [0.15, 0.2) is 0 Å². The van der Waals surface area contributed by atoms with Crippen LogP contribution in [0.2, 0.25) is 0 Å². The maximum Gasteiger partial charge on any atom is 1.00 e. The summed E-state index contributed by atoms with van der Waals surface area (Å²) in [4.78, 5) is 0. The van der Waals surface area contributed by atoms with Crippen LogP contribution >= 0.6 is 0 Å². The van der Waals surface area contributed by atoms with Gasteiger partial charge in [0.1, 0.15) is 0 Å². The van der Waals surface area contributed by atoms with E-state index in [4.69, 9.17) is 17.5 Å². The Kier molecular flexibility index (Phi) is 2230. The Balaban J connectivity index is -0.000000000879. The number of hydrogen-bond donors (Lipinski definition) is 1. The molecular formula is H14F13KO4S. The quantitative estimate of drug-likeness (QED) is 0.222. The summed E-state index contributed by atoms with van der Waals surface area (Å²) in [6, 6.07) is 0. The Morgan fingerprint density at radius 3 is 0.526 bits per heavy atom. The molecule has 0 saturated carbocycles. The van der Waals surface area contributed by atoms with Gasteiger partial charge in [-0.1, -0.05) is 0 Å². The van der Waals surface area contributed by atoms with Gasteiger partial charge in [-0.2, -0.15) is 0 Å². The summed E-state index contributed by atoms with van der Waals surface area (Å²) in [5.41, 5.74) is 0. The fourth-order valence-corrected chi connectivity index (χ4v) is 0. The Morgan fingerprint density at radius 1 is 0.526 bits per heavy atom. The average molecular weight is 396 g/mol. The molecule has 0 rings (SSSR count). The molecule has 0 aliphatic heterocycles. The van der Waals surface area contributed by atoms with Crippen molar-refractivity contribution < 1.29 is 130 Å². The van der Waals surface area contributed by atoms with Gasteiger partial charge in [0.25, 0.3) is 0 Å². The Hall–Kier alpha value is 0.596. The van der Waals surface area contributed by atoms with E-state index in [1.54, 1.807) is 0 Å². The molecule has 0 spiro atoms. The second-order valence-corrected chi connectivity index (χ2v) is 1.28. The molecule has 0 radical (unpaired) electrons. The molecule has 0 unspecified atom stereocenters. The maximum atomic E-state index is 8.63. The van der Waals surface area contributed by atoms with E-state index in [0.29, 0.717) is 0 Å². The smallest absolute Gasteiger partial charge is 0.726 e. The van der Waals surface area contributed by atoms with E-state index in [2.05, 4.69) is 0 Å². The third-order valence-corrected chi connectivity index (χ3v) is 0. The van der Waals surface area contributed by atoms with Gasteiger partial charge in [0, 0.05) is 0 Å². The first-order valence-electron chi connectivity index (χ1n) is 0.683. The van der Waals surface area contributed by atoms with Gasteiger partial charge in [0.15, 0.2) is 0 Å². The summed E-state index contributed by atoms with van der Waals surface area (Å²) >= 11 is 0. The zero-order valence-corrected chi connectivity index (χ0v) is 12.3. The SMILES string of the molecule is F.F.F.F.F.F.F.F.F.F.F.F.F.O=S(=O)([O-])O.[K+]. The molecule has 0 fully saturated rings. The van der Waals surface area contributed by atoms with Crippen molar-refractivity contribution >= 4 is 10.4 Å². The van der Waals surface area contributed by atoms with E-state index in [1.807, 2.05) is 0 Å².